The van der Waals surface area contributed by atoms with Crippen molar-refractivity contribution in [1.29, 1.82) is 5.26 Å². The van der Waals surface area contributed by atoms with Crippen molar-refractivity contribution in [3.05, 3.63) is 59.2 Å². The maximum atomic E-state index is 12.2. The summed E-state index contributed by atoms with van der Waals surface area (Å²) < 4.78 is 5.39. The number of nitrogens with zero attached hydrogens (tertiary/aromatic N) is 1. The SMILES string of the molecule is CCOc1ccc(NC(=O)c2cccc(C#N)c2)cc1CO. The predicted molar refractivity (Wildman–Crippen MR) is 82.6 cm³/mol. The Bertz CT molecular complexity index is 720. The number of carbonyl (C=O) groups excluding carboxylic acids is 1. The predicted octanol–water partition coefficient (Wildman–Crippen LogP) is 2.70. The summed E-state index contributed by atoms with van der Waals surface area (Å²) in [5.41, 5.74) is 1.99. The minimum absolute atomic E-state index is 0.178. The van der Waals surface area contributed by atoms with Gasteiger partial charge in [0, 0.05) is 16.8 Å². The lowest BCUT2D eigenvalue weighted by atomic mass is 10.1. The zero-order valence-electron chi connectivity index (χ0n) is 12.2. The number of hydrogen-bond donors (Lipinski definition) is 2. The zero-order valence-corrected chi connectivity index (χ0v) is 12.2. The maximum Gasteiger partial charge on any atom is 0.255 e. The fourth-order valence-electron chi connectivity index (χ4n) is 2.01. The van der Waals surface area contributed by atoms with Crippen LogP contribution < -0.4 is 10.1 Å². The number of carbonyl (C=O) groups is 1. The van der Waals surface area contributed by atoms with Gasteiger partial charge in [-0.05, 0) is 43.3 Å². The largest absolute Gasteiger partial charge is 0.494 e. The molecule has 2 rings (SSSR count). The van der Waals surface area contributed by atoms with Crippen molar-refractivity contribution in [2.75, 3.05) is 11.9 Å². The van der Waals surface area contributed by atoms with Crippen LogP contribution in [-0.4, -0.2) is 17.6 Å². The molecule has 1 amide bonds. The van der Waals surface area contributed by atoms with Crippen molar-refractivity contribution in [2.45, 2.75) is 13.5 Å². The molecule has 0 spiro atoms. The summed E-state index contributed by atoms with van der Waals surface area (Å²) in [6, 6.07) is 13.5. The van der Waals surface area contributed by atoms with E-state index >= 15 is 0 Å². The van der Waals surface area contributed by atoms with Crippen molar-refractivity contribution in [3.8, 4) is 11.8 Å². The Balaban J connectivity index is 2.19. The van der Waals surface area contributed by atoms with E-state index in [-0.39, 0.29) is 12.5 Å². The third-order valence-corrected chi connectivity index (χ3v) is 3.04. The molecule has 0 aromatic heterocycles. The molecule has 5 nitrogen and oxygen atoms in total. The summed E-state index contributed by atoms with van der Waals surface area (Å²) in [4.78, 5) is 12.2. The minimum atomic E-state index is -0.315. The van der Waals surface area contributed by atoms with Crippen LogP contribution in [0, 0.1) is 11.3 Å². The first-order chi connectivity index (χ1) is 10.7. The summed E-state index contributed by atoms with van der Waals surface area (Å²) in [6.07, 6.45) is 0. The summed E-state index contributed by atoms with van der Waals surface area (Å²) in [7, 11) is 0. The first kappa shape index (κ1) is 15.5. The molecule has 0 aliphatic carbocycles. The van der Waals surface area contributed by atoms with Crippen LogP contribution in [0.4, 0.5) is 5.69 Å². The highest BCUT2D eigenvalue weighted by molar-refractivity contribution is 6.04. The van der Waals surface area contributed by atoms with Crippen molar-refractivity contribution < 1.29 is 14.6 Å². The zero-order chi connectivity index (χ0) is 15.9. The lowest BCUT2D eigenvalue weighted by molar-refractivity contribution is 0.102. The molecule has 0 bridgehead atoms. The third kappa shape index (κ3) is 3.62. The van der Waals surface area contributed by atoms with E-state index < -0.39 is 0 Å². The number of hydrogen-bond acceptors (Lipinski definition) is 4. The molecule has 0 saturated carbocycles. The Morgan fingerprint density at radius 3 is 2.82 bits per heavy atom. The molecule has 0 aliphatic heterocycles. The van der Waals surface area contributed by atoms with Gasteiger partial charge in [0.25, 0.3) is 5.91 Å². The Hall–Kier alpha value is -2.84. The van der Waals surface area contributed by atoms with Gasteiger partial charge in [0.05, 0.1) is 24.8 Å². The molecule has 0 atom stereocenters. The van der Waals surface area contributed by atoms with Crippen molar-refractivity contribution in [1.82, 2.24) is 0 Å². The molecule has 5 heteroatoms. The molecule has 0 aliphatic rings. The van der Waals surface area contributed by atoms with E-state index in [0.717, 1.165) is 0 Å². The monoisotopic (exact) mass is 296 g/mol. The van der Waals surface area contributed by atoms with Gasteiger partial charge in [-0.1, -0.05) is 6.07 Å². The number of anilines is 1. The van der Waals surface area contributed by atoms with Gasteiger partial charge >= 0.3 is 0 Å². The Kier molecular flexibility index (Phi) is 5.12. The fraction of sp³-hybridized carbons (Fsp3) is 0.176. The lowest BCUT2D eigenvalue weighted by Crippen LogP contribution is -2.12. The quantitative estimate of drug-likeness (QED) is 0.888. The highest BCUT2D eigenvalue weighted by Crippen LogP contribution is 2.23. The van der Waals surface area contributed by atoms with Crippen LogP contribution in [-0.2, 0) is 6.61 Å². The molecule has 22 heavy (non-hydrogen) atoms. The molecule has 2 N–H and O–H groups in total. The summed E-state index contributed by atoms with van der Waals surface area (Å²) >= 11 is 0. The standard InChI is InChI=1S/C17H16N2O3/c1-2-22-16-7-6-15(9-14(16)11-20)19-17(21)13-5-3-4-12(8-13)10-18/h3-9,20H,2,11H2,1H3,(H,19,21). The highest BCUT2D eigenvalue weighted by atomic mass is 16.5. The van der Waals surface area contributed by atoms with Crippen LogP contribution in [0.2, 0.25) is 0 Å². The Morgan fingerprint density at radius 2 is 2.14 bits per heavy atom. The maximum absolute atomic E-state index is 12.2. The van der Waals surface area contributed by atoms with Gasteiger partial charge in [-0.25, -0.2) is 0 Å². The van der Waals surface area contributed by atoms with E-state index in [1.165, 1.54) is 6.07 Å². The van der Waals surface area contributed by atoms with Gasteiger partial charge in [0.1, 0.15) is 5.75 Å². The summed E-state index contributed by atoms with van der Waals surface area (Å²) in [5, 5.41) is 21.0. The second kappa shape index (κ2) is 7.25. The number of nitriles is 1. The average molecular weight is 296 g/mol. The van der Waals surface area contributed by atoms with E-state index in [1.54, 1.807) is 36.4 Å². The number of benzene rings is 2. The molecule has 0 unspecified atom stereocenters. The number of rotatable bonds is 5. The summed E-state index contributed by atoms with van der Waals surface area (Å²) in [6.45, 7) is 2.18. The topological polar surface area (TPSA) is 82.3 Å². The molecule has 0 saturated heterocycles. The second-order valence-corrected chi connectivity index (χ2v) is 4.56. The minimum Gasteiger partial charge on any atom is -0.494 e. The van der Waals surface area contributed by atoms with Gasteiger partial charge in [-0.3, -0.25) is 4.79 Å². The Morgan fingerprint density at radius 1 is 1.32 bits per heavy atom. The summed E-state index contributed by atoms with van der Waals surface area (Å²) in [5.74, 6) is 0.277. The van der Waals surface area contributed by atoms with Crippen molar-refractivity contribution in [2.24, 2.45) is 0 Å². The molecule has 2 aromatic rings. The van der Waals surface area contributed by atoms with Crippen LogP contribution in [0.15, 0.2) is 42.5 Å². The van der Waals surface area contributed by atoms with Gasteiger partial charge in [-0.15, -0.1) is 0 Å². The number of ether oxygens (including phenoxy) is 1. The van der Waals surface area contributed by atoms with Crippen LogP contribution in [0.25, 0.3) is 0 Å². The number of nitrogens with one attached hydrogen (secondary N) is 1. The highest BCUT2D eigenvalue weighted by Gasteiger charge is 2.09. The molecule has 0 fully saturated rings. The van der Waals surface area contributed by atoms with Crippen LogP contribution in [0.3, 0.4) is 0 Å². The van der Waals surface area contributed by atoms with Gasteiger partial charge in [0.15, 0.2) is 0 Å². The second-order valence-electron chi connectivity index (χ2n) is 4.56. The normalized spacial score (nSPS) is 9.86. The molecule has 2 aromatic carbocycles. The van der Waals surface area contributed by atoms with E-state index in [0.29, 0.717) is 34.7 Å². The average Bonchev–Trinajstić information content (AvgIpc) is 2.56. The first-order valence-corrected chi connectivity index (χ1v) is 6.86. The van der Waals surface area contributed by atoms with Crippen LogP contribution in [0.1, 0.15) is 28.4 Å². The Labute approximate surface area is 128 Å². The lowest BCUT2D eigenvalue weighted by Gasteiger charge is -2.11. The number of aliphatic hydroxyl groups excluding tert-OH is 1. The fourth-order valence-corrected chi connectivity index (χ4v) is 2.01. The van der Waals surface area contributed by atoms with E-state index in [4.69, 9.17) is 10.00 Å². The number of aliphatic hydroxyl groups is 1. The van der Waals surface area contributed by atoms with Gasteiger partial charge < -0.3 is 15.2 Å². The number of amides is 1. The van der Waals surface area contributed by atoms with Gasteiger partial charge in [-0.2, -0.15) is 5.26 Å². The molecular formula is C17H16N2O3. The van der Waals surface area contributed by atoms with Crippen LogP contribution in [0.5, 0.6) is 5.75 Å². The van der Waals surface area contributed by atoms with E-state index in [9.17, 15) is 9.90 Å². The third-order valence-electron chi connectivity index (χ3n) is 3.04. The molecular weight excluding hydrogens is 280 g/mol. The first-order valence-electron chi connectivity index (χ1n) is 6.86. The molecule has 0 heterocycles. The molecule has 112 valence electrons. The van der Waals surface area contributed by atoms with Gasteiger partial charge in [0.2, 0.25) is 0 Å². The smallest absolute Gasteiger partial charge is 0.255 e. The van der Waals surface area contributed by atoms with E-state index in [1.807, 2.05) is 13.0 Å². The van der Waals surface area contributed by atoms with Crippen LogP contribution >= 0.6 is 0 Å². The van der Waals surface area contributed by atoms with Crippen molar-refractivity contribution in [3.63, 3.8) is 0 Å². The molecule has 0 radical (unpaired) electrons. The van der Waals surface area contributed by atoms with E-state index in [2.05, 4.69) is 5.32 Å². The van der Waals surface area contributed by atoms with Crippen molar-refractivity contribution >= 4 is 11.6 Å².